The molecule has 5 N–H and O–H groups in total. The number of nitrogens with zero attached hydrogens (tertiary/aromatic N) is 1. The van der Waals surface area contributed by atoms with Crippen LogP contribution in [-0.2, 0) is 11.2 Å². The number of aromatic nitrogens is 1. The van der Waals surface area contributed by atoms with Gasteiger partial charge in [-0.15, -0.1) is 0 Å². The van der Waals surface area contributed by atoms with Gasteiger partial charge in [0.05, 0.1) is 12.5 Å². The summed E-state index contributed by atoms with van der Waals surface area (Å²) in [5, 5.41) is 20.4. The van der Waals surface area contributed by atoms with Crippen LogP contribution < -0.4 is 5.84 Å². The monoisotopic (exact) mass is 307 g/mol. The van der Waals surface area contributed by atoms with E-state index in [0.29, 0.717) is 6.42 Å². The number of carboxylic acids is 1. The summed E-state index contributed by atoms with van der Waals surface area (Å²) < 4.78 is 0. The lowest BCUT2D eigenvalue weighted by atomic mass is 10.0. The Labute approximate surface area is 127 Å². The molecule has 1 aromatic carbocycles. The smallest absolute Gasteiger partial charge is 0.304 e. The minimum absolute atomic E-state index is 0.108. The molecule has 21 heavy (non-hydrogen) atoms. The molecule has 7 heteroatoms. The van der Waals surface area contributed by atoms with Gasteiger partial charge in [0, 0.05) is 23.6 Å². The first-order chi connectivity index (χ1) is 9.99. The molecule has 112 valence electrons. The molecule has 0 aliphatic heterocycles. The minimum Gasteiger partial charge on any atom is -0.501 e. The van der Waals surface area contributed by atoms with Crippen LogP contribution in [0.2, 0.25) is 0 Å². The van der Waals surface area contributed by atoms with Gasteiger partial charge in [0.2, 0.25) is 0 Å². The highest BCUT2D eigenvalue weighted by Crippen LogP contribution is 2.20. The molecule has 0 saturated heterocycles. The van der Waals surface area contributed by atoms with E-state index in [0.717, 1.165) is 16.5 Å². The van der Waals surface area contributed by atoms with Crippen LogP contribution in [0, 0.1) is 0 Å². The maximum absolute atomic E-state index is 10.6. The molecule has 0 spiro atoms. The number of benzene rings is 1. The number of thiocarbonyl (C=S) groups is 1. The van der Waals surface area contributed by atoms with Crippen molar-refractivity contribution < 1.29 is 15.0 Å². The number of aliphatic hydroxyl groups excluding tert-OH is 1. The lowest BCUT2D eigenvalue weighted by molar-refractivity contribution is -0.137. The third-order valence-corrected chi connectivity index (χ3v) is 3.63. The van der Waals surface area contributed by atoms with Crippen LogP contribution >= 0.6 is 12.2 Å². The van der Waals surface area contributed by atoms with Gasteiger partial charge in [-0.3, -0.25) is 10.6 Å². The van der Waals surface area contributed by atoms with Crippen molar-refractivity contribution in [2.24, 2.45) is 5.84 Å². The van der Waals surface area contributed by atoms with Gasteiger partial charge in [-0.25, -0.2) is 5.01 Å². The summed E-state index contributed by atoms with van der Waals surface area (Å²) in [5.74, 6) is 4.90. The van der Waals surface area contributed by atoms with Gasteiger partial charge in [0.25, 0.3) is 0 Å². The fourth-order valence-electron chi connectivity index (χ4n) is 2.24. The van der Waals surface area contributed by atoms with Crippen LogP contribution in [-0.4, -0.2) is 43.8 Å². The van der Waals surface area contributed by atoms with Gasteiger partial charge in [-0.05, 0) is 30.3 Å². The number of para-hydroxylation sites is 1. The van der Waals surface area contributed by atoms with Crippen LogP contribution in [0.4, 0.5) is 0 Å². The molecule has 0 fully saturated rings. The van der Waals surface area contributed by atoms with E-state index in [4.69, 9.17) is 23.2 Å². The minimum atomic E-state index is -0.944. The van der Waals surface area contributed by atoms with E-state index >= 15 is 0 Å². The molecule has 6 nitrogen and oxygen atoms in total. The molecule has 1 heterocycles. The Morgan fingerprint density at radius 1 is 1.38 bits per heavy atom. The first kappa shape index (κ1) is 15.4. The number of carbonyl (C=O) groups is 1. The number of aliphatic hydroxyl groups is 1. The van der Waals surface area contributed by atoms with Gasteiger partial charge in [0.1, 0.15) is 0 Å². The molecule has 0 aliphatic carbocycles. The molecule has 2 rings (SSSR count). The number of nitrogens with two attached hydrogens (primary N) is 1. The Hall–Kier alpha value is -1.96. The van der Waals surface area contributed by atoms with Crippen LogP contribution in [0.3, 0.4) is 0 Å². The highest BCUT2D eigenvalue weighted by Gasteiger charge is 2.22. The topological polar surface area (TPSA) is 103 Å². The van der Waals surface area contributed by atoms with Crippen molar-refractivity contribution in [3.63, 3.8) is 0 Å². The zero-order chi connectivity index (χ0) is 15.4. The predicted molar refractivity (Wildman–Crippen MR) is 84.2 cm³/mol. The van der Waals surface area contributed by atoms with E-state index in [9.17, 15) is 9.90 Å². The van der Waals surface area contributed by atoms with E-state index in [-0.39, 0.29) is 18.0 Å². The van der Waals surface area contributed by atoms with Gasteiger partial charge >= 0.3 is 5.97 Å². The second kappa shape index (κ2) is 6.66. The Kier molecular flexibility index (Phi) is 4.89. The molecule has 1 aromatic heterocycles. The molecule has 0 saturated carbocycles. The summed E-state index contributed by atoms with van der Waals surface area (Å²) >= 11 is 4.85. The Balaban J connectivity index is 2.16. The van der Waals surface area contributed by atoms with Gasteiger partial charge < -0.3 is 15.2 Å². The van der Waals surface area contributed by atoms with E-state index < -0.39 is 12.0 Å². The highest BCUT2D eigenvalue weighted by molar-refractivity contribution is 7.80. The van der Waals surface area contributed by atoms with Crippen molar-refractivity contribution >= 4 is 34.1 Å². The summed E-state index contributed by atoms with van der Waals surface area (Å²) in [4.78, 5) is 13.7. The van der Waals surface area contributed by atoms with Crippen LogP contribution in [0.15, 0.2) is 30.5 Å². The normalized spacial score (nSPS) is 12.7. The van der Waals surface area contributed by atoms with Crippen molar-refractivity contribution in [3.8, 4) is 0 Å². The number of hydrogen-bond donors (Lipinski definition) is 4. The maximum Gasteiger partial charge on any atom is 0.304 e. The second-order valence-electron chi connectivity index (χ2n) is 4.80. The Bertz CT molecular complexity index is 656. The van der Waals surface area contributed by atoms with E-state index in [1.54, 1.807) is 0 Å². The first-order valence-corrected chi connectivity index (χ1v) is 6.91. The number of rotatable bonds is 7. The number of hydrogen-bond acceptors (Lipinski definition) is 4. The summed E-state index contributed by atoms with van der Waals surface area (Å²) in [7, 11) is 0. The zero-order valence-corrected chi connectivity index (χ0v) is 12.1. The lowest BCUT2D eigenvalue weighted by Crippen LogP contribution is -2.47. The molecular formula is C14H17N3O3S. The predicted octanol–water partition coefficient (Wildman–Crippen LogP) is 1.61. The molecule has 2 aromatic rings. The standard InChI is InChI=1S/C14H17N3O3S/c15-17(6-5-13(18)19)12(14(20)21)7-9-8-16-11-4-2-1-3-10(9)11/h1-4,8,12,16H,5-7,15H2,(H,18,19)(H,20,21). The van der Waals surface area contributed by atoms with Crippen LogP contribution in [0.25, 0.3) is 10.9 Å². The molecule has 0 bridgehead atoms. The zero-order valence-electron chi connectivity index (χ0n) is 11.3. The lowest BCUT2D eigenvalue weighted by Gasteiger charge is -2.25. The summed E-state index contributed by atoms with van der Waals surface area (Å²) in [5.41, 5.74) is 1.96. The number of carboxylic acid groups (broad SMARTS) is 1. The number of hydrazine groups is 1. The van der Waals surface area contributed by atoms with Gasteiger partial charge in [0.15, 0.2) is 5.05 Å². The summed E-state index contributed by atoms with van der Waals surface area (Å²) in [6.45, 7) is 0.114. The average Bonchev–Trinajstić information content (AvgIpc) is 2.85. The van der Waals surface area contributed by atoms with E-state index in [1.165, 1.54) is 5.01 Å². The fraction of sp³-hybridized carbons (Fsp3) is 0.286. The molecular weight excluding hydrogens is 290 g/mol. The maximum atomic E-state index is 10.6. The third kappa shape index (κ3) is 3.78. The van der Waals surface area contributed by atoms with E-state index in [2.05, 4.69) is 4.98 Å². The summed E-state index contributed by atoms with van der Waals surface area (Å²) in [6.07, 6.45) is 2.15. The third-order valence-electron chi connectivity index (χ3n) is 3.36. The van der Waals surface area contributed by atoms with E-state index in [1.807, 2.05) is 30.5 Å². The Morgan fingerprint density at radius 3 is 2.76 bits per heavy atom. The van der Waals surface area contributed by atoms with Crippen molar-refractivity contribution in [2.75, 3.05) is 6.54 Å². The fourth-order valence-corrected chi connectivity index (χ4v) is 2.45. The number of nitrogens with one attached hydrogen (secondary N) is 1. The largest absolute Gasteiger partial charge is 0.501 e. The van der Waals surface area contributed by atoms with Crippen molar-refractivity contribution in [3.05, 3.63) is 36.0 Å². The first-order valence-electron chi connectivity index (χ1n) is 6.50. The number of aliphatic carboxylic acids is 1. The van der Waals surface area contributed by atoms with Crippen LogP contribution in [0.1, 0.15) is 12.0 Å². The molecule has 0 aliphatic rings. The summed E-state index contributed by atoms with van der Waals surface area (Å²) in [6, 6.07) is 7.18. The molecule has 0 amide bonds. The highest BCUT2D eigenvalue weighted by atomic mass is 32.1. The van der Waals surface area contributed by atoms with Crippen molar-refractivity contribution in [2.45, 2.75) is 18.9 Å². The Morgan fingerprint density at radius 2 is 2.10 bits per heavy atom. The second-order valence-corrected chi connectivity index (χ2v) is 5.22. The van der Waals surface area contributed by atoms with Gasteiger partial charge in [-0.2, -0.15) is 0 Å². The van der Waals surface area contributed by atoms with Gasteiger partial charge in [-0.1, -0.05) is 18.2 Å². The number of fused-ring (bicyclic) bond motifs is 1. The number of aromatic amines is 1. The van der Waals surface area contributed by atoms with Crippen molar-refractivity contribution in [1.29, 1.82) is 0 Å². The molecule has 1 atom stereocenters. The number of H-pyrrole nitrogens is 1. The average molecular weight is 307 g/mol. The quantitative estimate of drug-likeness (QED) is 0.352. The molecule has 1 unspecified atom stereocenters. The van der Waals surface area contributed by atoms with Crippen LogP contribution in [0.5, 0.6) is 0 Å². The molecule has 0 radical (unpaired) electrons. The van der Waals surface area contributed by atoms with Crippen molar-refractivity contribution in [1.82, 2.24) is 9.99 Å². The SMILES string of the molecule is NN(CCC(=O)O)C(Cc1c[nH]c2ccccc12)C(O)=S.